The number of likely N-dealkylation sites (tertiary alicyclic amines) is 1. The molecule has 0 radical (unpaired) electrons. The van der Waals surface area contributed by atoms with Gasteiger partial charge in [0.15, 0.2) is 5.82 Å². The standard InChI is InChI=1S/C13H15F2N3O2/c1-17-12(19)9-3-2-6-18(9)13(20)10-7(14)4-5-8(16)11(10)15/h4-5,9H,2-3,6,16H2,1H3,(H,17,19). The number of hydrogen-bond donors (Lipinski definition) is 2. The fourth-order valence-corrected chi connectivity index (χ4v) is 2.36. The fraction of sp³-hybridized carbons (Fsp3) is 0.385. The highest BCUT2D eigenvalue weighted by Crippen LogP contribution is 2.25. The third-order valence-electron chi connectivity index (χ3n) is 3.40. The van der Waals surface area contributed by atoms with Crippen LogP contribution in [0.2, 0.25) is 0 Å². The normalized spacial score (nSPS) is 18.1. The second-order valence-corrected chi connectivity index (χ2v) is 4.60. The first-order valence-corrected chi connectivity index (χ1v) is 6.23. The van der Waals surface area contributed by atoms with Crippen LogP contribution in [0.5, 0.6) is 0 Å². The number of amides is 2. The van der Waals surface area contributed by atoms with E-state index in [0.29, 0.717) is 12.8 Å². The van der Waals surface area contributed by atoms with Gasteiger partial charge in [0.1, 0.15) is 17.4 Å². The van der Waals surface area contributed by atoms with E-state index in [1.54, 1.807) is 0 Å². The van der Waals surface area contributed by atoms with Crippen LogP contribution in [-0.2, 0) is 4.79 Å². The Morgan fingerprint density at radius 3 is 2.75 bits per heavy atom. The Morgan fingerprint density at radius 1 is 1.40 bits per heavy atom. The number of rotatable bonds is 2. The van der Waals surface area contributed by atoms with Gasteiger partial charge in [0.2, 0.25) is 5.91 Å². The van der Waals surface area contributed by atoms with E-state index in [4.69, 9.17) is 5.73 Å². The zero-order chi connectivity index (χ0) is 14.9. The molecule has 1 aromatic carbocycles. The fourth-order valence-electron chi connectivity index (χ4n) is 2.36. The number of nitrogens with two attached hydrogens (primary N) is 1. The van der Waals surface area contributed by atoms with Gasteiger partial charge in [-0.2, -0.15) is 0 Å². The monoisotopic (exact) mass is 283 g/mol. The van der Waals surface area contributed by atoms with Crippen molar-refractivity contribution in [2.45, 2.75) is 18.9 Å². The SMILES string of the molecule is CNC(=O)C1CCCN1C(=O)c1c(F)ccc(N)c1F. The number of halogens is 2. The molecule has 0 aromatic heterocycles. The lowest BCUT2D eigenvalue weighted by Crippen LogP contribution is -2.45. The van der Waals surface area contributed by atoms with Crippen LogP contribution in [0.15, 0.2) is 12.1 Å². The van der Waals surface area contributed by atoms with E-state index >= 15 is 0 Å². The smallest absolute Gasteiger partial charge is 0.260 e. The maximum Gasteiger partial charge on any atom is 0.260 e. The van der Waals surface area contributed by atoms with Crippen LogP contribution in [0.4, 0.5) is 14.5 Å². The van der Waals surface area contributed by atoms with E-state index in [0.717, 1.165) is 12.1 Å². The number of hydrogen-bond acceptors (Lipinski definition) is 3. The molecule has 1 atom stereocenters. The van der Waals surface area contributed by atoms with E-state index in [-0.39, 0.29) is 18.1 Å². The average Bonchev–Trinajstić information content (AvgIpc) is 2.91. The van der Waals surface area contributed by atoms with Crippen molar-refractivity contribution in [2.75, 3.05) is 19.3 Å². The highest BCUT2D eigenvalue weighted by atomic mass is 19.1. The first-order valence-electron chi connectivity index (χ1n) is 6.23. The van der Waals surface area contributed by atoms with Crippen molar-refractivity contribution in [1.29, 1.82) is 0 Å². The van der Waals surface area contributed by atoms with Crippen molar-refractivity contribution in [2.24, 2.45) is 0 Å². The Kier molecular flexibility index (Phi) is 3.87. The van der Waals surface area contributed by atoms with Crippen LogP contribution in [0.1, 0.15) is 23.2 Å². The number of nitrogens with zero attached hydrogens (tertiary/aromatic N) is 1. The molecule has 1 aliphatic rings. The molecule has 0 bridgehead atoms. The number of benzene rings is 1. The molecule has 1 fully saturated rings. The molecule has 108 valence electrons. The summed E-state index contributed by atoms with van der Waals surface area (Å²) >= 11 is 0. The lowest BCUT2D eigenvalue weighted by atomic mass is 10.1. The second kappa shape index (κ2) is 5.44. The second-order valence-electron chi connectivity index (χ2n) is 4.60. The molecular weight excluding hydrogens is 268 g/mol. The topological polar surface area (TPSA) is 75.4 Å². The molecule has 0 spiro atoms. The number of nitrogen functional groups attached to an aromatic ring is 1. The molecular formula is C13H15F2N3O2. The van der Waals surface area contributed by atoms with Crippen LogP contribution >= 0.6 is 0 Å². The van der Waals surface area contributed by atoms with Gasteiger partial charge in [-0.25, -0.2) is 8.78 Å². The summed E-state index contributed by atoms with van der Waals surface area (Å²) in [5, 5.41) is 2.44. The Hall–Kier alpha value is -2.18. The van der Waals surface area contributed by atoms with Gasteiger partial charge in [-0.15, -0.1) is 0 Å². The summed E-state index contributed by atoms with van der Waals surface area (Å²) in [6.07, 6.45) is 1.08. The number of carbonyl (C=O) groups is 2. The van der Waals surface area contributed by atoms with E-state index in [9.17, 15) is 18.4 Å². The molecule has 3 N–H and O–H groups in total. The Labute approximate surface area is 114 Å². The third-order valence-corrected chi connectivity index (χ3v) is 3.40. The third kappa shape index (κ3) is 2.31. The van der Waals surface area contributed by atoms with Crippen molar-refractivity contribution < 1.29 is 18.4 Å². The summed E-state index contributed by atoms with van der Waals surface area (Å²) in [6, 6.07) is 1.30. The minimum Gasteiger partial charge on any atom is -0.396 e. The quantitative estimate of drug-likeness (QED) is 0.792. The van der Waals surface area contributed by atoms with Gasteiger partial charge in [-0.3, -0.25) is 9.59 Å². The number of likely N-dealkylation sites (N-methyl/N-ethyl adjacent to an activating group) is 1. The molecule has 1 aromatic rings. The van der Waals surface area contributed by atoms with Crippen LogP contribution < -0.4 is 11.1 Å². The first-order chi connectivity index (χ1) is 9.47. The summed E-state index contributed by atoms with van der Waals surface area (Å²) in [5.74, 6) is -3.26. The van der Waals surface area contributed by atoms with Crippen LogP contribution in [0, 0.1) is 11.6 Å². The molecule has 0 aliphatic carbocycles. The molecule has 2 rings (SSSR count). The summed E-state index contributed by atoms with van der Waals surface area (Å²) in [5.41, 5.74) is 4.35. The summed E-state index contributed by atoms with van der Waals surface area (Å²) in [7, 11) is 1.45. The van der Waals surface area contributed by atoms with Gasteiger partial charge in [-0.05, 0) is 25.0 Å². The molecule has 7 heteroatoms. The molecule has 1 aliphatic heterocycles. The molecule has 5 nitrogen and oxygen atoms in total. The largest absolute Gasteiger partial charge is 0.396 e. The van der Waals surface area contributed by atoms with Gasteiger partial charge in [0.25, 0.3) is 5.91 Å². The predicted octanol–water partition coefficient (Wildman–Crippen LogP) is 0.898. The highest BCUT2D eigenvalue weighted by molar-refractivity contribution is 5.99. The van der Waals surface area contributed by atoms with Crippen LogP contribution in [0.3, 0.4) is 0 Å². The first kappa shape index (κ1) is 14.2. The molecule has 1 heterocycles. The number of nitrogens with one attached hydrogen (secondary N) is 1. The molecule has 1 saturated heterocycles. The van der Waals surface area contributed by atoms with Crippen molar-refractivity contribution in [3.8, 4) is 0 Å². The van der Waals surface area contributed by atoms with E-state index < -0.39 is 29.1 Å². The lowest BCUT2D eigenvalue weighted by molar-refractivity contribution is -0.124. The highest BCUT2D eigenvalue weighted by Gasteiger charge is 2.36. The Bertz CT molecular complexity index is 563. The van der Waals surface area contributed by atoms with Gasteiger partial charge in [-0.1, -0.05) is 0 Å². The zero-order valence-electron chi connectivity index (χ0n) is 11.0. The predicted molar refractivity (Wildman–Crippen MR) is 68.9 cm³/mol. The molecule has 20 heavy (non-hydrogen) atoms. The van der Waals surface area contributed by atoms with Crippen molar-refractivity contribution in [3.63, 3.8) is 0 Å². The van der Waals surface area contributed by atoms with Gasteiger partial charge in [0.05, 0.1) is 5.69 Å². The molecule has 1 unspecified atom stereocenters. The van der Waals surface area contributed by atoms with Crippen molar-refractivity contribution in [3.05, 3.63) is 29.3 Å². The van der Waals surface area contributed by atoms with Gasteiger partial charge in [0, 0.05) is 13.6 Å². The summed E-state index contributed by atoms with van der Waals surface area (Å²) < 4.78 is 27.6. The zero-order valence-corrected chi connectivity index (χ0v) is 11.0. The maximum atomic E-state index is 13.9. The molecule has 0 saturated carbocycles. The van der Waals surface area contributed by atoms with Gasteiger partial charge >= 0.3 is 0 Å². The lowest BCUT2D eigenvalue weighted by Gasteiger charge is -2.23. The van der Waals surface area contributed by atoms with E-state index in [2.05, 4.69) is 5.32 Å². The minimum atomic E-state index is -1.09. The number of anilines is 1. The maximum absolute atomic E-state index is 13.9. The van der Waals surface area contributed by atoms with Crippen molar-refractivity contribution >= 4 is 17.5 Å². The van der Waals surface area contributed by atoms with Crippen LogP contribution in [-0.4, -0.2) is 36.3 Å². The molecule has 2 amide bonds. The number of carbonyl (C=O) groups excluding carboxylic acids is 2. The minimum absolute atomic E-state index is 0.282. The Balaban J connectivity index is 2.37. The summed E-state index contributed by atoms with van der Waals surface area (Å²) in [4.78, 5) is 25.1. The van der Waals surface area contributed by atoms with E-state index in [1.165, 1.54) is 11.9 Å². The Morgan fingerprint density at radius 2 is 2.10 bits per heavy atom. The van der Waals surface area contributed by atoms with E-state index in [1.807, 2.05) is 0 Å². The van der Waals surface area contributed by atoms with Crippen molar-refractivity contribution in [1.82, 2.24) is 10.2 Å². The summed E-state index contributed by atoms with van der Waals surface area (Å²) in [6.45, 7) is 0.282. The average molecular weight is 283 g/mol. The van der Waals surface area contributed by atoms with Crippen LogP contribution in [0.25, 0.3) is 0 Å². The van der Waals surface area contributed by atoms with Gasteiger partial charge < -0.3 is 16.0 Å².